The number of amides is 2. The molecule has 0 aliphatic rings. The Labute approximate surface area is 251 Å². The van der Waals surface area contributed by atoms with Crippen molar-refractivity contribution in [1.82, 2.24) is 10.2 Å². The van der Waals surface area contributed by atoms with Gasteiger partial charge in [0.25, 0.3) is 10.0 Å². The van der Waals surface area contributed by atoms with Crippen LogP contribution in [-0.2, 0) is 26.2 Å². The van der Waals surface area contributed by atoms with E-state index in [1.807, 2.05) is 13.8 Å². The first-order valence-corrected chi connectivity index (χ1v) is 15.3. The van der Waals surface area contributed by atoms with Gasteiger partial charge in [0.2, 0.25) is 11.8 Å². The predicted octanol–water partition coefficient (Wildman–Crippen LogP) is 6.48. The molecule has 0 saturated carbocycles. The lowest BCUT2D eigenvalue weighted by Crippen LogP contribution is -2.53. The fourth-order valence-electron chi connectivity index (χ4n) is 4.23. The number of anilines is 1. The van der Waals surface area contributed by atoms with Gasteiger partial charge < -0.3 is 10.2 Å². The first kappa shape index (κ1) is 31.7. The molecular formula is C29H32Cl3N3O4S. The number of rotatable bonds is 11. The zero-order chi connectivity index (χ0) is 29.6. The molecule has 40 heavy (non-hydrogen) atoms. The standard InChI is InChI=1S/C29H32Cl3N3O4S/c1-5-26(29(37)33-19(2)3)34(17-21-14-15-24(31)25(32)16-21)28(36)18-35(27-13-9-12-23(30)20(27)4)40(38,39)22-10-7-6-8-11-22/h6-16,19,26H,5,17-18H2,1-4H3,(H,33,37). The number of carbonyl (C=O) groups excluding carboxylic acids is 2. The minimum Gasteiger partial charge on any atom is -0.352 e. The Hall–Kier alpha value is -2.78. The summed E-state index contributed by atoms with van der Waals surface area (Å²) >= 11 is 18.7. The van der Waals surface area contributed by atoms with Crippen LogP contribution >= 0.6 is 34.8 Å². The number of carbonyl (C=O) groups is 2. The van der Waals surface area contributed by atoms with Crippen LogP contribution in [0.3, 0.4) is 0 Å². The summed E-state index contributed by atoms with van der Waals surface area (Å²) in [7, 11) is -4.19. The SMILES string of the molecule is CCC(C(=O)NC(C)C)N(Cc1ccc(Cl)c(Cl)c1)C(=O)CN(c1cccc(Cl)c1C)S(=O)(=O)c1ccccc1. The maximum atomic E-state index is 14.1. The highest BCUT2D eigenvalue weighted by molar-refractivity contribution is 7.92. The van der Waals surface area contributed by atoms with Crippen molar-refractivity contribution in [2.75, 3.05) is 10.8 Å². The Morgan fingerprint density at radius 3 is 2.17 bits per heavy atom. The number of nitrogens with zero attached hydrogens (tertiary/aromatic N) is 2. The Morgan fingerprint density at radius 2 is 1.57 bits per heavy atom. The van der Waals surface area contributed by atoms with Crippen molar-refractivity contribution < 1.29 is 18.0 Å². The van der Waals surface area contributed by atoms with Crippen LogP contribution in [0, 0.1) is 6.92 Å². The van der Waals surface area contributed by atoms with E-state index in [0.717, 1.165) is 4.31 Å². The molecule has 0 radical (unpaired) electrons. The molecule has 0 heterocycles. The number of sulfonamides is 1. The number of hydrogen-bond acceptors (Lipinski definition) is 4. The fourth-order valence-corrected chi connectivity index (χ4v) is 6.22. The zero-order valence-electron chi connectivity index (χ0n) is 22.7. The van der Waals surface area contributed by atoms with E-state index in [4.69, 9.17) is 34.8 Å². The summed E-state index contributed by atoms with van der Waals surface area (Å²) in [6, 6.07) is 16.6. The highest BCUT2D eigenvalue weighted by atomic mass is 35.5. The summed E-state index contributed by atoms with van der Waals surface area (Å²) in [6.07, 6.45) is 0.299. The maximum absolute atomic E-state index is 14.1. The van der Waals surface area contributed by atoms with Gasteiger partial charge in [-0.05, 0) is 74.7 Å². The average Bonchev–Trinajstić information content (AvgIpc) is 2.91. The van der Waals surface area contributed by atoms with Crippen LogP contribution in [0.4, 0.5) is 5.69 Å². The first-order chi connectivity index (χ1) is 18.9. The molecule has 0 aliphatic heterocycles. The fraction of sp³-hybridized carbons (Fsp3) is 0.310. The van der Waals surface area contributed by atoms with Crippen molar-refractivity contribution in [2.24, 2.45) is 0 Å². The van der Waals surface area contributed by atoms with Gasteiger partial charge in [0.05, 0.1) is 20.6 Å². The highest BCUT2D eigenvalue weighted by Crippen LogP contribution is 2.31. The summed E-state index contributed by atoms with van der Waals surface area (Å²) < 4.78 is 28.9. The number of halogens is 3. The summed E-state index contributed by atoms with van der Waals surface area (Å²) in [6.45, 7) is 6.57. The Bertz CT molecular complexity index is 1470. The molecule has 0 bridgehead atoms. The Morgan fingerprint density at radius 1 is 0.900 bits per heavy atom. The predicted molar refractivity (Wildman–Crippen MR) is 162 cm³/mol. The van der Waals surface area contributed by atoms with Gasteiger partial charge in [0.15, 0.2) is 0 Å². The van der Waals surface area contributed by atoms with Gasteiger partial charge in [0, 0.05) is 17.6 Å². The Kier molecular flexibility index (Phi) is 10.9. The summed E-state index contributed by atoms with van der Waals surface area (Å²) in [5.74, 6) is -0.918. The van der Waals surface area contributed by atoms with E-state index in [9.17, 15) is 18.0 Å². The monoisotopic (exact) mass is 623 g/mol. The van der Waals surface area contributed by atoms with E-state index in [1.165, 1.54) is 17.0 Å². The van der Waals surface area contributed by atoms with Crippen LogP contribution in [-0.4, -0.2) is 43.8 Å². The van der Waals surface area contributed by atoms with Crippen LogP contribution in [0.1, 0.15) is 38.3 Å². The molecule has 2 amide bonds. The second-order valence-corrected chi connectivity index (χ2v) is 12.7. The highest BCUT2D eigenvalue weighted by Gasteiger charge is 2.34. The quantitative estimate of drug-likeness (QED) is 0.265. The van der Waals surface area contributed by atoms with Gasteiger partial charge in [-0.15, -0.1) is 0 Å². The van der Waals surface area contributed by atoms with Gasteiger partial charge in [-0.1, -0.05) is 72.1 Å². The molecule has 3 rings (SSSR count). The van der Waals surface area contributed by atoms with Crippen LogP contribution in [0.5, 0.6) is 0 Å². The third-order valence-electron chi connectivity index (χ3n) is 6.27. The molecular weight excluding hydrogens is 593 g/mol. The molecule has 1 unspecified atom stereocenters. The largest absolute Gasteiger partial charge is 0.352 e. The van der Waals surface area contributed by atoms with Crippen molar-refractivity contribution in [3.05, 3.63) is 92.9 Å². The second-order valence-electron chi connectivity index (χ2n) is 9.57. The molecule has 3 aromatic carbocycles. The van der Waals surface area contributed by atoms with E-state index in [-0.39, 0.29) is 29.1 Å². The second kappa shape index (κ2) is 13.7. The minimum absolute atomic E-state index is 0.00744. The third-order valence-corrected chi connectivity index (χ3v) is 9.19. The van der Waals surface area contributed by atoms with Crippen LogP contribution < -0.4 is 9.62 Å². The molecule has 1 atom stereocenters. The van der Waals surface area contributed by atoms with Crippen molar-refractivity contribution in [3.8, 4) is 0 Å². The molecule has 0 saturated heterocycles. The van der Waals surface area contributed by atoms with Gasteiger partial charge >= 0.3 is 0 Å². The summed E-state index contributed by atoms with van der Waals surface area (Å²) in [5, 5.41) is 3.87. The molecule has 0 spiro atoms. The number of benzene rings is 3. The van der Waals surface area contributed by atoms with Crippen molar-refractivity contribution in [3.63, 3.8) is 0 Å². The molecule has 0 fully saturated rings. The van der Waals surface area contributed by atoms with Gasteiger partial charge in [-0.2, -0.15) is 0 Å². The molecule has 3 aromatic rings. The van der Waals surface area contributed by atoms with Crippen molar-refractivity contribution in [1.29, 1.82) is 0 Å². The molecule has 0 aromatic heterocycles. The molecule has 11 heteroatoms. The van der Waals surface area contributed by atoms with Crippen LogP contribution in [0.25, 0.3) is 0 Å². The molecule has 1 N–H and O–H groups in total. The molecule has 7 nitrogen and oxygen atoms in total. The first-order valence-electron chi connectivity index (χ1n) is 12.7. The van der Waals surface area contributed by atoms with Gasteiger partial charge in [-0.25, -0.2) is 8.42 Å². The molecule has 214 valence electrons. The normalized spacial score (nSPS) is 12.2. The van der Waals surface area contributed by atoms with E-state index in [2.05, 4.69) is 5.32 Å². The minimum atomic E-state index is -4.19. The zero-order valence-corrected chi connectivity index (χ0v) is 25.8. The van der Waals surface area contributed by atoms with Crippen LogP contribution in [0.2, 0.25) is 15.1 Å². The van der Waals surface area contributed by atoms with Crippen LogP contribution in [0.15, 0.2) is 71.6 Å². The van der Waals surface area contributed by atoms with Gasteiger partial charge in [0.1, 0.15) is 12.6 Å². The number of nitrogens with one attached hydrogen (secondary N) is 1. The summed E-state index contributed by atoms with van der Waals surface area (Å²) in [5.41, 5.74) is 1.39. The Balaban J connectivity index is 2.11. The third kappa shape index (κ3) is 7.49. The van der Waals surface area contributed by atoms with Crippen molar-refractivity contribution >= 4 is 62.3 Å². The summed E-state index contributed by atoms with van der Waals surface area (Å²) in [4.78, 5) is 28.7. The topological polar surface area (TPSA) is 86.8 Å². The van der Waals surface area contributed by atoms with E-state index < -0.39 is 28.5 Å². The average molecular weight is 625 g/mol. The lowest BCUT2D eigenvalue weighted by molar-refractivity contribution is -0.140. The van der Waals surface area contributed by atoms with Crippen molar-refractivity contribution in [2.45, 2.75) is 57.6 Å². The van der Waals surface area contributed by atoms with E-state index in [1.54, 1.807) is 68.4 Å². The smallest absolute Gasteiger partial charge is 0.264 e. The maximum Gasteiger partial charge on any atom is 0.264 e. The molecule has 0 aliphatic carbocycles. The lowest BCUT2D eigenvalue weighted by Gasteiger charge is -2.34. The lowest BCUT2D eigenvalue weighted by atomic mass is 10.1. The van der Waals surface area contributed by atoms with Gasteiger partial charge in [-0.3, -0.25) is 13.9 Å². The number of hydrogen-bond donors (Lipinski definition) is 1. The van der Waals surface area contributed by atoms with E-state index in [0.29, 0.717) is 32.6 Å². The van der Waals surface area contributed by atoms with E-state index >= 15 is 0 Å².